The Labute approximate surface area is 97.8 Å². The van der Waals surface area contributed by atoms with E-state index in [1.807, 2.05) is 0 Å². The van der Waals surface area contributed by atoms with Crippen molar-refractivity contribution in [1.29, 1.82) is 0 Å². The van der Waals surface area contributed by atoms with Crippen LogP contribution < -0.4 is 11.1 Å². The number of amides is 2. The van der Waals surface area contributed by atoms with Crippen molar-refractivity contribution in [3.8, 4) is 0 Å². The molecule has 2 rings (SSSR count). The van der Waals surface area contributed by atoms with Crippen molar-refractivity contribution in [2.75, 3.05) is 25.0 Å². The molecule has 1 aromatic heterocycles. The van der Waals surface area contributed by atoms with Gasteiger partial charge in [0.15, 0.2) is 0 Å². The Morgan fingerprint density at radius 2 is 2.62 bits per heavy atom. The lowest BCUT2D eigenvalue weighted by Crippen LogP contribution is -2.44. The highest BCUT2D eigenvalue weighted by Gasteiger charge is 2.23. The molecule has 88 valence electrons. The lowest BCUT2D eigenvalue weighted by Gasteiger charge is -2.31. The number of rotatable bonds is 2. The van der Waals surface area contributed by atoms with Gasteiger partial charge in [-0.25, -0.2) is 4.79 Å². The van der Waals surface area contributed by atoms with Crippen LogP contribution >= 0.6 is 11.3 Å². The van der Waals surface area contributed by atoms with Crippen LogP contribution in [0.2, 0.25) is 0 Å². The van der Waals surface area contributed by atoms with Gasteiger partial charge in [0, 0.05) is 13.1 Å². The van der Waals surface area contributed by atoms with Gasteiger partial charge in [-0.2, -0.15) is 0 Å². The molecule has 2 heterocycles. The summed E-state index contributed by atoms with van der Waals surface area (Å²) < 4.78 is 0. The van der Waals surface area contributed by atoms with Crippen molar-refractivity contribution in [2.24, 2.45) is 11.7 Å². The van der Waals surface area contributed by atoms with Crippen LogP contribution in [0.25, 0.3) is 0 Å². The molecule has 0 bridgehead atoms. The van der Waals surface area contributed by atoms with E-state index < -0.39 is 0 Å². The number of carbonyl (C=O) groups excluding carboxylic acids is 1. The third kappa shape index (κ3) is 2.67. The van der Waals surface area contributed by atoms with Crippen molar-refractivity contribution in [3.05, 3.63) is 5.51 Å². The van der Waals surface area contributed by atoms with E-state index in [0.717, 1.165) is 25.9 Å². The summed E-state index contributed by atoms with van der Waals surface area (Å²) in [5, 5.41) is 10.7. The molecule has 2 amide bonds. The number of nitrogens with zero attached hydrogens (tertiary/aromatic N) is 3. The van der Waals surface area contributed by atoms with Gasteiger partial charge in [0.05, 0.1) is 0 Å². The highest BCUT2D eigenvalue weighted by atomic mass is 32.1. The van der Waals surface area contributed by atoms with Crippen molar-refractivity contribution >= 4 is 22.5 Å². The molecule has 0 saturated carbocycles. The van der Waals surface area contributed by atoms with Crippen LogP contribution in [0.4, 0.5) is 9.93 Å². The topological polar surface area (TPSA) is 84.1 Å². The highest BCUT2D eigenvalue weighted by molar-refractivity contribution is 7.13. The summed E-state index contributed by atoms with van der Waals surface area (Å²) in [7, 11) is 0. The largest absolute Gasteiger partial charge is 0.330 e. The summed E-state index contributed by atoms with van der Waals surface area (Å²) >= 11 is 1.32. The zero-order valence-electron chi connectivity index (χ0n) is 8.93. The molecule has 1 fully saturated rings. The molecule has 0 aromatic carbocycles. The Morgan fingerprint density at radius 1 is 1.75 bits per heavy atom. The minimum Gasteiger partial charge on any atom is -0.330 e. The quantitative estimate of drug-likeness (QED) is 0.800. The Kier molecular flexibility index (Phi) is 3.68. The number of likely N-dealkylation sites (tertiary alicyclic amines) is 1. The number of carbonyl (C=O) groups is 1. The highest BCUT2D eigenvalue weighted by Crippen LogP contribution is 2.17. The standard InChI is InChI=1S/C9H15N5OS/c10-4-7-2-1-3-14(5-7)9(15)12-8-13-11-6-16-8/h6-7H,1-5,10H2,(H,12,13,15). The van der Waals surface area contributed by atoms with E-state index in [1.165, 1.54) is 11.3 Å². The van der Waals surface area contributed by atoms with Crippen molar-refractivity contribution < 1.29 is 4.79 Å². The van der Waals surface area contributed by atoms with Gasteiger partial charge < -0.3 is 10.6 Å². The van der Waals surface area contributed by atoms with E-state index >= 15 is 0 Å². The molecule has 16 heavy (non-hydrogen) atoms. The van der Waals surface area contributed by atoms with Crippen LogP contribution in [0.15, 0.2) is 5.51 Å². The zero-order valence-corrected chi connectivity index (χ0v) is 9.74. The molecule has 1 aliphatic rings. The number of urea groups is 1. The maximum Gasteiger partial charge on any atom is 0.323 e. The fraction of sp³-hybridized carbons (Fsp3) is 0.667. The van der Waals surface area contributed by atoms with Gasteiger partial charge in [0.1, 0.15) is 5.51 Å². The Morgan fingerprint density at radius 3 is 3.31 bits per heavy atom. The van der Waals surface area contributed by atoms with Crippen molar-refractivity contribution in [1.82, 2.24) is 15.1 Å². The van der Waals surface area contributed by atoms with Crippen LogP contribution in [0.1, 0.15) is 12.8 Å². The molecular formula is C9H15N5OS. The number of hydrogen-bond donors (Lipinski definition) is 2. The van der Waals surface area contributed by atoms with Gasteiger partial charge in [-0.3, -0.25) is 5.32 Å². The monoisotopic (exact) mass is 241 g/mol. The Hall–Kier alpha value is -1.21. The van der Waals surface area contributed by atoms with E-state index in [9.17, 15) is 4.79 Å². The fourth-order valence-electron chi connectivity index (χ4n) is 1.84. The average Bonchev–Trinajstić information content (AvgIpc) is 2.82. The zero-order chi connectivity index (χ0) is 11.4. The molecule has 0 spiro atoms. The predicted octanol–water partition coefficient (Wildman–Crippen LogP) is 0.741. The van der Waals surface area contributed by atoms with Crippen LogP contribution in [-0.2, 0) is 0 Å². The number of nitrogens with two attached hydrogens (primary N) is 1. The first kappa shape index (κ1) is 11.3. The van der Waals surface area contributed by atoms with E-state index in [0.29, 0.717) is 17.6 Å². The molecule has 6 nitrogen and oxygen atoms in total. The van der Waals surface area contributed by atoms with Gasteiger partial charge in [-0.1, -0.05) is 11.3 Å². The summed E-state index contributed by atoms with van der Waals surface area (Å²) in [5.74, 6) is 0.425. The second-order valence-electron chi connectivity index (χ2n) is 3.86. The van der Waals surface area contributed by atoms with Gasteiger partial charge in [0.2, 0.25) is 5.13 Å². The van der Waals surface area contributed by atoms with Gasteiger partial charge in [0.25, 0.3) is 0 Å². The summed E-state index contributed by atoms with van der Waals surface area (Å²) in [6.45, 7) is 2.17. The molecule has 1 aliphatic heterocycles. The number of piperidine rings is 1. The second kappa shape index (κ2) is 5.22. The molecule has 1 atom stereocenters. The maximum absolute atomic E-state index is 11.8. The van der Waals surface area contributed by atoms with Gasteiger partial charge in [-0.05, 0) is 25.3 Å². The number of anilines is 1. The predicted molar refractivity (Wildman–Crippen MR) is 62.3 cm³/mol. The minimum absolute atomic E-state index is 0.102. The molecule has 7 heteroatoms. The average molecular weight is 241 g/mol. The second-order valence-corrected chi connectivity index (χ2v) is 4.70. The third-order valence-corrected chi connectivity index (χ3v) is 3.32. The van der Waals surface area contributed by atoms with Gasteiger partial charge in [-0.15, -0.1) is 10.2 Å². The Bertz CT molecular complexity index is 342. The first-order valence-corrected chi connectivity index (χ1v) is 6.19. The molecular weight excluding hydrogens is 226 g/mol. The molecule has 3 N–H and O–H groups in total. The molecule has 0 aliphatic carbocycles. The first-order valence-electron chi connectivity index (χ1n) is 5.31. The molecule has 1 saturated heterocycles. The summed E-state index contributed by atoms with van der Waals surface area (Å²) in [4.78, 5) is 13.6. The SMILES string of the molecule is NCC1CCCN(C(=O)Nc2nncs2)C1. The number of hydrogen-bond acceptors (Lipinski definition) is 5. The Balaban J connectivity index is 1.89. The molecule has 1 aromatic rings. The van der Waals surface area contributed by atoms with Crippen molar-refractivity contribution in [2.45, 2.75) is 12.8 Å². The number of aromatic nitrogens is 2. The molecule has 0 radical (unpaired) electrons. The van der Waals surface area contributed by atoms with E-state index in [1.54, 1.807) is 10.4 Å². The fourth-order valence-corrected chi connectivity index (χ4v) is 2.27. The van der Waals surface area contributed by atoms with Crippen LogP contribution in [0, 0.1) is 5.92 Å². The minimum atomic E-state index is -0.102. The lowest BCUT2D eigenvalue weighted by atomic mass is 9.99. The van der Waals surface area contributed by atoms with Gasteiger partial charge >= 0.3 is 6.03 Å². The van der Waals surface area contributed by atoms with Crippen molar-refractivity contribution in [3.63, 3.8) is 0 Å². The smallest absolute Gasteiger partial charge is 0.323 e. The molecule has 1 unspecified atom stereocenters. The summed E-state index contributed by atoms with van der Waals surface area (Å²) in [6, 6.07) is -0.102. The van der Waals surface area contributed by atoms with Crippen LogP contribution in [-0.4, -0.2) is 40.8 Å². The van der Waals surface area contributed by atoms with Crippen LogP contribution in [0.3, 0.4) is 0 Å². The van der Waals surface area contributed by atoms with E-state index in [4.69, 9.17) is 5.73 Å². The number of nitrogens with one attached hydrogen (secondary N) is 1. The lowest BCUT2D eigenvalue weighted by molar-refractivity contribution is 0.179. The first-order chi connectivity index (χ1) is 7.79. The maximum atomic E-state index is 11.8. The van der Waals surface area contributed by atoms with E-state index in [2.05, 4.69) is 15.5 Å². The van der Waals surface area contributed by atoms with E-state index in [-0.39, 0.29) is 6.03 Å². The summed E-state index contributed by atoms with van der Waals surface area (Å²) in [5.41, 5.74) is 7.21. The third-order valence-electron chi connectivity index (χ3n) is 2.71. The summed E-state index contributed by atoms with van der Waals surface area (Å²) in [6.07, 6.45) is 2.13. The van der Waals surface area contributed by atoms with Crippen LogP contribution in [0.5, 0.6) is 0 Å². The normalized spacial score (nSPS) is 20.8.